The predicted octanol–water partition coefficient (Wildman–Crippen LogP) is 11.0. The number of ether oxygens (including phenoxy) is 4. The Balaban J connectivity index is 2.33. The van der Waals surface area contributed by atoms with E-state index in [-0.39, 0.29) is 26.1 Å². The number of carbonyl (C=O) groups is 3. The molecule has 6 atom stereocenters. The summed E-state index contributed by atoms with van der Waals surface area (Å²) in [6, 6.07) is 0. The lowest BCUT2D eigenvalue weighted by atomic mass is 9.99. The molecule has 4 N–H and O–H groups in total. The number of allylic oxidation sites excluding steroid dienone is 4. The average molecular weight is 853 g/mol. The van der Waals surface area contributed by atoms with Gasteiger partial charge >= 0.3 is 17.9 Å². The molecule has 0 aromatic rings. The summed E-state index contributed by atoms with van der Waals surface area (Å²) in [7, 11) is 0. The van der Waals surface area contributed by atoms with Gasteiger partial charge in [-0.3, -0.25) is 9.59 Å². The van der Waals surface area contributed by atoms with Crippen molar-refractivity contribution in [3.63, 3.8) is 0 Å². The van der Waals surface area contributed by atoms with E-state index in [1.807, 2.05) is 0 Å². The van der Waals surface area contributed by atoms with Crippen molar-refractivity contribution in [2.75, 3.05) is 13.2 Å². The van der Waals surface area contributed by atoms with Gasteiger partial charge in [-0.2, -0.15) is 0 Å². The molecule has 0 aliphatic carbocycles. The number of carboxylic acid groups (broad SMARTS) is 1. The van der Waals surface area contributed by atoms with E-state index in [4.69, 9.17) is 18.9 Å². The number of esters is 2. The number of unbranched alkanes of at least 4 members (excludes halogenated alkanes) is 26. The number of hydrogen-bond acceptors (Lipinski definition) is 10. The first-order chi connectivity index (χ1) is 29.2. The Hall–Kier alpha value is -2.31. The van der Waals surface area contributed by atoms with Gasteiger partial charge in [-0.25, -0.2) is 4.79 Å². The monoisotopic (exact) mass is 853 g/mol. The molecule has 60 heavy (non-hydrogen) atoms. The Morgan fingerprint density at radius 3 is 1.30 bits per heavy atom. The molecule has 0 bridgehead atoms. The molecule has 11 heteroatoms. The number of rotatable bonds is 41. The van der Waals surface area contributed by atoms with Crippen LogP contribution in [0.4, 0.5) is 0 Å². The average Bonchev–Trinajstić information content (AvgIpc) is 3.23. The van der Waals surface area contributed by atoms with Crippen molar-refractivity contribution >= 4 is 17.9 Å². The van der Waals surface area contributed by atoms with Crippen molar-refractivity contribution in [3.8, 4) is 0 Å². The molecule has 1 aliphatic rings. The summed E-state index contributed by atoms with van der Waals surface area (Å²) in [6.07, 6.45) is 35.1. The molecular formula is C49H88O11. The van der Waals surface area contributed by atoms with Gasteiger partial charge in [-0.1, -0.05) is 167 Å². The van der Waals surface area contributed by atoms with E-state index in [0.717, 1.165) is 51.4 Å². The maximum absolute atomic E-state index is 12.8. The minimum atomic E-state index is -1.86. The van der Waals surface area contributed by atoms with Crippen LogP contribution in [-0.2, 0) is 33.3 Å². The van der Waals surface area contributed by atoms with Crippen LogP contribution in [0.5, 0.6) is 0 Å². The Labute approximate surface area is 364 Å². The molecule has 0 radical (unpaired) electrons. The van der Waals surface area contributed by atoms with Crippen LogP contribution in [-0.4, -0.2) is 88.4 Å². The van der Waals surface area contributed by atoms with Crippen molar-refractivity contribution in [2.45, 2.75) is 256 Å². The first kappa shape index (κ1) is 55.7. The molecule has 0 aromatic carbocycles. The summed E-state index contributed by atoms with van der Waals surface area (Å²) in [5.41, 5.74) is 0. The topological polar surface area (TPSA) is 169 Å². The lowest BCUT2D eigenvalue weighted by Gasteiger charge is -2.38. The van der Waals surface area contributed by atoms with Gasteiger partial charge in [0.1, 0.15) is 24.9 Å². The molecule has 0 aromatic heterocycles. The minimum absolute atomic E-state index is 0.179. The SMILES string of the molecule is CCCCCCCC/C=C\CCCCCCCCCC(=O)OCC(COC1OC(C(=O)O)C(O)C(O)C1O)OC(=O)CCCCCCCCC/C=C\CCCCCCCC. The van der Waals surface area contributed by atoms with Crippen molar-refractivity contribution < 1.29 is 53.8 Å². The minimum Gasteiger partial charge on any atom is -0.479 e. The van der Waals surface area contributed by atoms with E-state index < -0.39 is 54.7 Å². The fraction of sp³-hybridized carbons (Fsp3) is 0.857. The van der Waals surface area contributed by atoms with E-state index in [2.05, 4.69) is 38.2 Å². The van der Waals surface area contributed by atoms with E-state index in [1.54, 1.807) is 0 Å². The van der Waals surface area contributed by atoms with Gasteiger partial charge in [-0.05, 0) is 64.2 Å². The third-order valence-corrected chi connectivity index (χ3v) is 11.3. The Bertz CT molecular complexity index is 1100. The van der Waals surface area contributed by atoms with Crippen molar-refractivity contribution in [1.29, 1.82) is 0 Å². The van der Waals surface area contributed by atoms with Crippen LogP contribution < -0.4 is 0 Å². The maximum atomic E-state index is 12.8. The van der Waals surface area contributed by atoms with Crippen LogP contribution in [0.1, 0.15) is 219 Å². The fourth-order valence-corrected chi connectivity index (χ4v) is 7.40. The molecule has 0 saturated carbocycles. The Kier molecular flexibility index (Phi) is 36.7. The van der Waals surface area contributed by atoms with Crippen LogP contribution in [0.3, 0.4) is 0 Å². The molecule has 1 heterocycles. The maximum Gasteiger partial charge on any atom is 0.335 e. The second-order valence-corrected chi connectivity index (χ2v) is 16.9. The van der Waals surface area contributed by atoms with Gasteiger partial charge in [0.15, 0.2) is 18.5 Å². The summed E-state index contributed by atoms with van der Waals surface area (Å²) in [6.45, 7) is 3.82. The van der Waals surface area contributed by atoms with E-state index in [0.29, 0.717) is 12.8 Å². The number of carboxylic acids is 1. The van der Waals surface area contributed by atoms with Crippen molar-refractivity contribution in [2.24, 2.45) is 0 Å². The predicted molar refractivity (Wildman–Crippen MR) is 238 cm³/mol. The van der Waals surface area contributed by atoms with Crippen LogP contribution in [0, 0.1) is 0 Å². The van der Waals surface area contributed by atoms with Crippen LogP contribution in [0.2, 0.25) is 0 Å². The van der Waals surface area contributed by atoms with E-state index in [9.17, 15) is 34.8 Å². The zero-order chi connectivity index (χ0) is 43.9. The second kappa shape index (κ2) is 39.5. The smallest absolute Gasteiger partial charge is 0.335 e. The van der Waals surface area contributed by atoms with Gasteiger partial charge in [0.25, 0.3) is 0 Å². The highest BCUT2D eigenvalue weighted by molar-refractivity contribution is 5.73. The second-order valence-electron chi connectivity index (χ2n) is 16.9. The van der Waals surface area contributed by atoms with Gasteiger partial charge in [0.05, 0.1) is 6.61 Å². The Morgan fingerprint density at radius 1 is 0.500 bits per heavy atom. The molecular weight excluding hydrogens is 765 g/mol. The summed E-state index contributed by atoms with van der Waals surface area (Å²) < 4.78 is 21.8. The highest BCUT2D eigenvalue weighted by Crippen LogP contribution is 2.23. The summed E-state index contributed by atoms with van der Waals surface area (Å²) >= 11 is 0. The lowest BCUT2D eigenvalue weighted by Crippen LogP contribution is -2.60. The van der Waals surface area contributed by atoms with Gasteiger partial charge < -0.3 is 39.4 Å². The third-order valence-electron chi connectivity index (χ3n) is 11.3. The van der Waals surface area contributed by atoms with Crippen molar-refractivity contribution in [3.05, 3.63) is 24.3 Å². The number of aliphatic hydroxyl groups is 3. The first-order valence-electron chi connectivity index (χ1n) is 24.4. The van der Waals surface area contributed by atoms with Gasteiger partial charge in [0.2, 0.25) is 0 Å². The Morgan fingerprint density at radius 2 is 0.883 bits per heavy atom. The number of hydrogen-bond donors (Lipinski definition) is 4. The molecule has 0 amide bonds. The van der Waals surface area contributed by atoms with Gasteiger partial charge in [-0.15, -0.1) is 0 Å². The normalized spacial score (nSPS) is 19.9. The van der Waals surface area contributed by atoms with Crippen molar-refractivity contribution in [1.82, 2.24) is 0 Å². The lowest BCUT2D eigenvalue weighted by molar-refractivity contribution is -0.298. The summed E-state index contributed by atoms with van der Waals surface area (Å²) in [4.78, 5) is 36.9. The molecule has 1 aliphatic heterocycles. The van der Waals surface area contributed by atoms with Crippen LogP contribution in [0.15, 0.2) is 24.3 Å². The number of aliphatic hydroxyl groups excluding tert-OH is 3. The quantitative estimate of drug-likeness (QED) is 0.0262. The highest BCUT2D eigenvalue weighted by atomic mass is 16.7. The first-order valence-corrected chi connectivity index (χ1v) is 24.4. The highest BCUT2D eigenvalue weighted by Gasteiger charge is 2.47. The molecule has 0 spiro atoms. The standard InChI is InChI=1S/C49H88O11/c1-3-5-7-9-11-13-15-17-19-21-23-25-27-29-31-33-35-37-42(50)57-39-41(40-58-49-46(54)44(52)45(53)47(60-49)48(55)56)59-43(51)38-36-34-32-30-28-26-24-22-20-18-16-14-12-10-8-6-4-2/h17-20,41,44-47,49,52-54H,3-16,21-40H2,1-2H3,(H,55,56)/b19-17-,20-18-. The molecule has 1 saturated heterocycles. The fourth-order valence-electron chi connectivity index (χ4n) is 7.40. The molecule has 350 valence electrons. The molecule has 1 rings (SSSR count). The molecule has 6 unspecified atom stereocenters. The largest absolute Gasteiger partial charge is 0.479 e. The third kappa shape index (κ3) is 30.7. The zero-order valence-electron chi connectivity index (χ0n) is 38.0. The number of aliphatic carboxylic acids is 1. The zero-order valence-corrected chi connectivity index (χ0v) is 38.0. The summed E-state index contributed by atoms with van der Waals surface area (Å²) in [5.74, 6) is -2.45. The van der Waals surface area contributed by atoms with Gasteiger partial charge in [0, 0.05) is 12.8 Å². The summed E-state index contributed by atoms with van der Waals surface area (Å²) in [5, 5.41) is 39.9. The molecule has 11 nitrogen and oxygen atoms in total. The van der Waals surface area contributed by atoms with E-state index >= 15 is 0 Å². The van der Waals surface area contributed by atoms with Crippen LogP contribution >= 0.6 is 0 Å². The molecule has 1 fully saturated rings. The van der Waals surface area contributed by atoms with Crippen LogP contribution in [0.25, 0.3) is 0 Å². The number of carbonyl (C=O) groups excluding carboxylic acids is 2. The van der Waals surface area contributed by atoms with E-state index in [1.165, 1.54) is 128 Å².